The number of benzene rings is 2. The Hall–Kier alpha value is -2.07. The Balaban J connectivity index is 2.22. The molecule has 2 aromatic carbocycles. The van der Waals surface area contributed by atoms with Crippen LogP contribution in [0.4, 0.5) is 4.39 Å². The molecule has 0 fully saturated rings. The summed E-state index contributed by atoms with van der Waals surface area (Å²) < 4.78 is 25.1. The summed E-state index contributed by atoms with van der Waals surface area (Å²) in [5.74, 6) is 1.04. The van der Waals surface area contributed by atoms with Gasteiger partial charge >= 0.3 is 0 Å². The van der Waals surface area contributed by atoms with Crippen molar-refractivity contribution in [1.29, 1.82) is 0 Å². The van der Waals surface area contributed by atoms with Gasteiger partial charge in [0.05, 0.1) is 6.61 Å². The van der Waals surface area contributed by atoms with E-state index in [0.29, 0.717) is 36.6 Å². The van der Waals surface area contributed by atoms with Crippen LogP contribution in [-0.4, -0.2) is 13.2 Å². The average molecular weight is 289 g/mol. The molecule has 0 aliphatic heterocycles. The van der Waals surface area contributed by atoms with E-state index in [-0.39, 0.29) is 12.4 Å². The Morgan fingerprint density at radius 2 is 1.76 bits per heavy atom. The molecule has 3 nitrogen and oxygen atoms in total. The first-order valence-electron chi connectivity index (χ1n) is 7.07. The van der Waals surface area contributed by atoms with Gasteiger partial charge in [-0.3, -0.25) is 0 Å². The third kappa shape index (κ3) is 3.95. The van der Waals surface area contributed by atoms with Gasteiger partial charge in [-0.25, -0.2) is 4.39 Å². The largest absolute Gasteiger partial charge is 0.490 e. The van der Waals surface area contributed by atoms with Crippen molar-refractivity contribution in [3.05, 3.63) is 59.4 Å². The molecule has 0 amide bonds. The summed E-state index contributed by atoms with van der Waals surface area (Å²) in [6, 6.07) is 12.3. The molecule has 0 unspecified atom stereocenters. The maximum Gasteiger partial charge on any atom is 0.164 e. The highest BCUT2D eigenvalue weighted by molar-refractivity contribution is 5.47. The van der Waals surface area contributed by atoms with Gasteiger partial charge in [0.25, 0.3) is 0 Å². The molecule has 112 valence electrons. The van der Waals surface area contributed by atoms with Crippen molar-refractivity contribution >= 4 is 0 Å². The van der Waals surface area contributed by atoms with Gasteiger partial charge in [0.15, 0.2) is 11.5 Å². The molecular formula is C17H20FNO2. The van der Waals surface area contributed by atoms with Gasteiger partial charge in [-0.15, -0.1) is 0 Å². The van der Waals surface area contributed by atoms with Crippen LogP contribution in [0.3, 0.4) is 0 Å². The molecule has 0 radical (unpaired) electrons. The molecule has 0 atom stereocenters. The van der Waals surface area contributed by atoms with Crippen LogP contribution in [0.25, 0.3) is 0 Å². The summed E-state index contributed by atoms with van der Waals surface area (Å²) in [6.45, 7) is 3.14. The summed E-state index contributed by atoms with van der Waals surface area (Å²) in [6.07, 6.45) is 0.688. The summed E-state index contributed by atoms with van der Waals surface area (Å²) in [5.41, 5.74) is 7.12. The highest BCUT2D eigenvalue weighted by Gasteiger charge is 2.12. The smallest absolute Gasteiger partial charge is 0.164 e. The van der Waals surface area contributed by atoms with Crippen LogP contribution in [0, 0.1) is 5.82 Å². The van der Waals surface area contributed by atoms with Crippen LogP contribution in [0.1, 0.15) is 18.1 Å². The van der Waals surface area contributed by atoms with Crippen LogP contribution >= 0.6 is 0 Å². The zero-order valence-electron chi connectivity index (χ0n) is 12.1. The molecule has 0 aliphatic carbocycles. The number of hydrogen-bond acceptors (Lipinski definition) is 3. The van der Waals surface area contributed by atoms with E-state index < -0.39 is 0 Å². The van der Waals surface area contributed by atoms with E-state index in [0.717, 1.165) is 5.56 Å². The topological polar surface area (TPSA) is 44.5 Å². The Morgan fingerprint density at radius 3 is 2.48 bits per heavy atom. The zero-order valence-corrected chi connectivity index (χ0v) is 12.1. The lowest BCUT2D eigenvalue weighted by atomic mass is 10.1. The van der Waals surface area contributed by atoms with Crippen molar-refractivity contribution in [3.8, 4) is 11.5 Å². The lowest BCUT2D eigenvalue weighted by Crippen LogP contribution is -2.07. The first-order valence-corrected chi connectivity index (χ1v) is 7.07. The fourth-order valence-corrected chi connectivity index (χ4v) is 2.11. The summed E-state index contributed by atoms with van der Waals surface area (Å²) >= 11 is 0. The van der Waals surface area contributed by atoms with Crippen molar-refractivity contribution in [1.82, 2.24) is 0 Å². The lowest BCUT2D eigenvalue weighted by molar-refractivity contribution is 0.263. The second-order valence-electron chi connectivity index (χ2n) is 4.60. The van der Waals surface area contributed by atoms with E-state index in [1.54, 1.807) is 18.2 Å². The Bertz CT molecular complexity index is 563. The minimum Gasteiger partial charge on any atom is -0.490 e. The molecule has 0 saturated heterocycles. The number of ether oxygens (including phenoxy) is 2. The first kappa shape index (κ1) is 15.3. The number of hydrogen-bond donors (Lipinski definition) is 1. The minimum absolute atomic E-state index is 0.161. The summed E-state index contributed by atoms with van der Waals surface area (Å²) in [5, 5.41) is 0. The molecule has 2 rings (SSSR count). The van der Waals surface area contributed by atoms with E-state index in [4.69, 9.17) is 15.2 Å². The van der Waals surface area contributed by atoms with Crippen LogP contribution in [-0.2, 0) is 13.0 Å². The van der Waals surface area contributed by atoms with Gasteiger partial charge in [0, 0.05) is 5.56 Å². The number of rotatable bonds is 7. The van der Waals surface area contributed by atoms with Crippen molar-refractivity contribution in [2.24, 2.45) is 5.73 Å². The molecule has 0 heterocycles. The standard InChI is InChI=1S/C17H20FNO2/c1-2-20-16-9-5-7-13(10-11-19)17(16)21-12-14-6-3-4-8-15(14)18/h3-9H,2,10-12,19H2,1H3. The minimum atomic E-state index is -0.272. The second kappa shape index (κ2) is 7.64. The lowest BCUT2D eigenvalue weighted by Gasteiger charge is -2.16. The van der Waals surface area contributed by atoms with E-state index in [1.807, 2.05) is 25.1 Å². The molecular weight excluding hydrogens is 269 g/mol. The van der Waals surface area contributed by atoms with Crippen LogP contribution in [0.2, 0.25) is 0 Å². The van der Waals surface area contributed by atoms with Crippen LogP contribution in [0.15, 0.2) is 42.5 Å². The third-order valence-electron chi connectivity index (χ3n) is 3.10. The predicted octanol–water partition coefficient (Wildman–Crippen LogP) is 3.30. The number of nitrogens with two attached hydrogens (primary N) is 1. The molecule has 0 aromatic heterocycles. The SMILES string of the molecule is CCOc1cccc(CCN)c1OCc1ccccc1F. The average Bonchev–Trinajstić information content (AvgIpc) is 2.49. The molecule has 0 spiro atoms. The highest BCUT2D eigenvalue weighted by Crippen LogP contribution is 2.32. The van der Waals surface area contributed by atoms with Gasteiger partial charge in [-0.05, 0) is 37.6 Å². The van der Waals surface area contributed by atoms with Crippen molar-refractivity contribution in [2.75, 3.05) is 13.2 Å². The molecule has 21 heavy (non-hydrogen) atoms. The normalized spacial score (nSPS) is 10.4. The number of para-hydroxylation sites is 1. The second-order valence-corrected chi connectivity index (χ2v) is 4.60. The van der Waals surface area contributed by atoms with E-state index in [1.165, 1.54) is 6.07 Å². The molecule has 4 heteroatoms. The Labute approximate surface area is 124 Å². The molecule has 0 aliphatic rings. The quantitative estimate of drug-likeness (QED) is 0.850. The van der Waals surface area contributed by atoms with E-state index >= 15 is 0 Å². The fourth-order valence-electron chi connectivity index (χ4n) is 2.11. The maximum absolute atomic E-state index is 13.7. The monoisotopic (exact) mass is 289 g/mol. The Kier molecular flexibility index (Phi) is 5.58. The fraction of sp³-hybridized carbons (Fsp3) is 0.294. The van der Waals surface area contributed by atoms with Gasteiger partial charge < -0.3 is 15.2 Å². The molecule has 2 N–H and O–H groups in total. The van der Waals surface area contributed by atoms with Crippen molar-refractivity contribution in [2.45, 2.75) is 20.0 Å². The van der Waals surface area contributed by atoms with Gasteiger partial charge in [0.1, 0.15) is 12.4 Å². The third-order valence-corrected chi connectivity index (χ3v) is 3.10. The van der Waals surface area contributed by atoms with Gasteiger partial charge in [-0.1, -0.05) is 30.3 Å². The first-order chi connectivity index (χ1) is 10.3. The van der Waals surface area contributed by atoms with Crippen molar-refractivity contribution in [3.63, 3.8) is 0 Å². The van der Waals surface area contributed by atoms with E-state index in [9.17, 15) is 4.39 Å². The molecule has 2 aromatic rings. The molecule has 0 bridgehead atoms. The summed E-state index contributed by atoms with van der Waals surface area (Å²) in [7, 11) is 0. The van der Waals surface area contributed by atoms with Gasteiger partial charge in [-0.2, -0.15) is 0 Å². The van der Waals surface area contributed by atoms with Gasteiger partial charge in [0.2, 0.25) is 0 Å². The summed E-state index contributed by atoms with van der Waals surface area (Å²) in [4.78, 5) is 0. The predicted molar refractivity (Wildman–Crippen MR) is 81.1 cm³/mol. The Morgan fingerprint density at radius 1 is 1.00 bits per heavy atom. The maximum atomic E-state index is 13.7. The van der Waals surface area contributed by atoms with Crippen molar-refractivity contribution < 1.29 is 13.9 Å². The van der Waals surface area contributed by atoms with Crippen LogP contribution < -0.4 is 15.2 Å². The zero-order chi connectivity index (χ0) is 15.1. The van der Waals surface area contributed by atoms with Crippen LogP contribution in [0.5, 0.6) is 11.5 Å². The molecule has 0 saturated carbocycles. The van der Waals surface area contributed by atoms with E-state index in [2.05, 4.69) is 0 Å². The highest BCUT2D eigenvalue weighted by atomic mass is 19.1. The number of halogens is 1.